The van der Waals surface area contributed by atoms with Crippen molar-refractivity contribution in [3.05, 3.63) is 50.6 Å². The fourth-order valence-electron chi connectivity index (χ4n) is 1.77. The molecular formula is C13H7ClIN3OS. The van der Waals surface area contributed by atoms with Gasteiger partial charge in [-0.3, -0.25) is 4.79 Å². The predicted molar refractivity (Wildman–Crippen MR) is 89.5 cm³/mol. The van der Waals surface area contributed by atoms with Crippen LogP contribution in [0.5, 0.6) is 0 Å². The summed E-state index contributed by atoms with van der Waals surface area (Å²) in [5.74, 6) is -0.211. The Bertz CT molecular complexity index is 805. The van der Waals surface area contributed by atoms with E-state index in [1.165, 1.54) is 0 Å². The molecule has 0 aliphatic rings. The highest BCUT2D eigenvalue weighted by Gasteiger charge is 2.15. The molecule has 0 unspecified atom stereocenters. The predicted octanol–water partition coefficient (Wildman–Crippen LogP) is 4.20. The Morgan fingerprint density at radius 3 is 2.80 bits per heavy atom. The van der Waals surface area contributed by atoms with E-state index in [0.717, 1.165) is 20.8 Å². The van der Waals surface area contributed by atoms with E-state index in [0.29, 0.717) is 21.8 Å². The van der Waals surface area contributed by atoms with Gasteiger partial charge in [0.25, 0.3) is 5.91 Å². The van der Waals surface area contributed by atoms with Crippen molar-refractivity contribution in [3.8, 4) is 0 Å². The third kappa shape index (κ3) is 2.50. The van der Waals surface area contributed by atoms with Gasteiger partial charge in [-0.05, 0) is 46.9 Å². The van der Waals surface area contributed by atoms with Gasteiger partial charge in [0.2, 0.25) is 0 Å². The van der Waals surface area contributed by atoms with Crippen molar-refractivity contribution < 1.29 is 4.79 Å². The number of anilines is 1. The lowest BCUT2D eigenvalue weighted by atomic mass is 10.2. The second-order valence-corrected chi connectivity index (χ2v) is 6.09. The molecule has 0 spiro atoms. The normalized spacial score (nSPS) is 10.7. The van der Waals surface area contributed by atoms with Gasteiger partial charge in [0.15, 0.2) is 0 Å². The number of amides is 1. The molecule has 20 heavy (non-hydrogen) atoms. The van der Waals surface area contributed by atoms with Crippen LogP contribution in [-0.4, -0.2) is 14.7 Å². The molecule has 2 aromatic carbocycles. The first-order valence-electron chi connectivity index (χ1n) is 5.63. The van der Waals surface area contributed by atoms with Crippen LogP contribution in [0.4, 0.5) is 5.69 Å². The summed E-state index contributed by atoms with van der Waals surface area (Å²) < 4.78 is 9.19. The maximum atomic E-state index is 12.3. The Kier molecular flexibility index (Phi) is 3.86. The van der Waals surface area contributed by atoms with Gasteiger partial charge in [0.05, 0.1) is 28.0 Å². The summed E-state index contributed by atoms with van der Waals surface area (Å²) >= 11 is 9.37. The summed E-state index contributed by atoms with van der Waals surface area (Å²) in [7, 11) is 0. The van der Waals surface area contributed by atoms with Crippen molar-refractivity contribution >= 4 is 68.5 Å². The van der Waals surface area contributed by atoms with Gasteiger partial charge >= 0.3 is 0 Å². The number of carbonyl (C=O) groups is 1. The summed E-state index contributed by atoms with van der Waals surface area (Å²) in [6.45, 7) is 0. The van der Waals surface area contributed by atoms with Crippen molar-refractivity contribution in [2.75, 3.05) is 5.32 Å². The molecule has 0 saturated carbocycles. The number of hydrogen-bond acceptors (Lipinski definition) is 4. The van der Waals surface area contributed by atoms with Crippen LogP contribution in [-0.2, 0) is 0 Å². The van der Waals surface area contributed by atoms with Gasteiger partial charge in [-0.1, -0.05) is 23.7 Å². The molecule has 0 aliphatic heterocycles. The van der Waals surface area contributed by atoms with E-state index < -0.39 is 0 Å². The molecule has 1 amide bonds. The molecule has 3 aromatic rings. The van der Waals surface area contributed by atoms with Crippen molar-refractivity contribution in [1.29, 1.82) is 0 Å². The van der Waals surface area contributed by atoms with Crippen LogP contribution in [0.25, 0.3) is 11.0 Å². The lowest BCUT2D eigenvalue weighted by Crippen LogP contribution is -2.14. The van der Waals surface area contributed by atoms with Crippen LogP contribution in [0.1, 0.15) is 10.4 Å². The first kappa shape index (κ1) is 13.7. The molecule has 4 nitrogen and oxygen atoms in total. The van der Waals surface area contributed by atoms with E-state index in [-0.39, 0.29) is 5.91 Å². The Labute approximate surface area is 137 Å². The maximum Gasteiger partial charge on any atom is 0.256 e. The third-order valence-electron chi connectivity index (χ3n) is 2.73. The fourth-order valence-corrected chi connectivity index (χ4v) is 3.15. The molecule has 0 radical (unpaired) electrons. The smallest absolute Gasteiger partial charge is 0.256 e. The average molecular weight is 416 g/mol. The maximum absolute atomic E-state index is 12.3. The SMILES string of the molecule is O=C(Nc1c(Cl)ccc2nsnc12)c1ccccc1I. The Balaban J connectivity index is 2.01. The number of hydrogen-bond donors (Lipinski definition) is 1. The van der Waals surface area contributed by atoms with Gasteiger partial charge in [0.1, 0.15) is 11.0 Å². The number of carbonyl (C=O) groups excluding carboxylic acids is 1. The molecule has 0 fully saturated rings. The van der Waals surface area contributed by atoms with Gasteiger partial charge in [-0.25, -0.2) is 0 Å². The van der Waals surface area contributed by atoms with Gasteiger partial charge in [0, 0.05) is 3.57 Å². The largest absolute Gasteiger partial charge is 0.319 e. The molecular weight excluding hydrogens is 409 g/mol. The quantitative estimate of drug-likeness (QED) is 0.638. The van der Waals surface area contributed by atoms with Crippen LogP contribution in [0.15, 0.2) is 36.4 Å². The first-order chi connectivity index (χ1) is 9.66. The lowest BCUT2D eigenvalue weighted by molar-refractivity contribution is 0.102. The van der Waals surface area contributed by atoms with Crippen molar-refractivity contribution in [3.63, 3.8) is 0 Å². The average Bonchev–Trinajstić information content (AvgIpc) is 2.91. The van der Waals surface area contributed by atoms with Crippen LogP contribution >= 0.6 is 45.9 Å². The van der Waals surface area contributed by atoms with Crippen LogP contribution in [0.2, 0.25) is 5.02 Å². The van der Waals surface area contributed by atoms with E-state index in [2.05, 4.69) is 36.7 Å². The van der Waals surface area contributed by atoms with Crippen LogP contribution in [0, 0.1) is 3.57 Å². The summed E-state index contributed by atoms with van der Waals surface area (Å²) in [6.07, 6.45) is 0. The van der Waals surface area contributed by atoms with Crippen LogP contribution < -0.4 is 5.32 Å². The highest BCUT2D eigenvalue weighted by atomic mass is 127. The van der Waals surface area contributed by atoms with Gasteiger partial charge < -0.3 is 5.32 Å². The lowest BCUT2D eigenvalue weighted by Gasteiger charge is -2.08. The monoisotopic (exact) mass is 415 g/mol. The minimum atomic E-state index is -0.211. The summed E-state index contributed by atoms with van der Waals surface area (Å²) in [5.41, 5.74) is 2.44. The number of aromatic nitrogens is 2. The summed E-state index contributed by atoms with van der Waals surface area (Å²) in [5, 5.41) is 3.27. The Morgan fingerprint density at radius 2 is 2.00 bits per heavy atom. The molecule has 1 aromatic heterocycles. The molecule has 1 N–H and O–H groups in total. The van der Waals surface area contributed by atoms with Gasteiger partial charge in [-0.2, -0.15) is 8.75 Å². The molecule has 0 bridgehead atoms. The molecule has 0 aliphatic carbocycles. The first-order valence-corrected chi connectivity index (χ1v) is 7.82. The summed E-state index contributed by atoms with van der Waals surface area (Å²) in [4.78, 5) is 12.3. The highest BCUT2D eigenvalue weighted by Crippen LogP contribution is 2.30. The number of halogens is 2. The Morgan fingerprint density at radius 1 is 1.20 bits per heavy atom. The van der Waals surface area contributed by atoms with E-state index in [9.17, 15) is 4.79 Å². The molecule has 100 valence electrons. The van der Waals surface area contributed by atoms with E-state index in [4.69, 9.17) is 11.6 Å². The molecule has 7 heteroatoms. The molecule has 3 rings (SSSR count). The van der Waals surface area contributed by atoms with E-state index in [1.807, 2.05) is 18.2 Å². The molecule has 0 atom stereocenters. The minimum Gasteiger partial charge on any atom is -0.319 e. The molecule has 1 heterocycles. The Hall–Kier alpha value is -1.25. The summed E-state index contributed by atoms with van der Waals surface area (Å²) in [6, 6.07) is 10.8. The van der Waals surface area contributed by atoms with Crippen LogP contribution in [0.3, 0.4) is 0 Å². The van der Waals surface area contributed by atoms with Crippen molar-refractivity contribution in [1.82, 2.24) is 8.75 Å². The fraction of sp³-hybridized carbons (Fsp3) is 0. The number of benzene rings is 2. The second kappa shape index (κ2) is 5.63. The van der Waals surface area contributed by atoms with E-state index >= 15 is 0 Å². The molecule has 0 saturated heterocycles. The zero-order valence-corrected chi connectivity index (χ0v) is 13.7. The number of rotatable bonds is 2. The zero-order chi connectivity index (χ0) is 14.1. The zero-order valence-electron chi connectivity index (χ0n) is 9.93. The minimum absolute atomic E-state index is 0.211. The van der Waals surface area contributed by atoms with Gasteiger partial charge in [-0.15, -0.1) is 0 Å². The number of nitrogens with zero attached hydrogens (tertiary/aromatic N) is 2. The van der Waals surface area contributed by atoms with Crippen molar-refractivity contribution in [2.24, 2.45) is 0 Å². The number of fused-ring (bicyclic) bond motifs is 1. The third-order valence-corrected chi connectivity index (χ3v) is 4.53. The van der Waals surface area contributed by atoms with E-state index in [1.54, 1.807) is 18.2 Å². The number of nitrogens with one attached hydrogen (secondary N) is 1. The topological polar surface area (TPSA) is 54.9 Å². The highest BCUT2D eigenvalue weighted by molar-refractivity contribution is 14.1. The van der Waals surface area contributed by atoms with Crippen molar-refractivity contribution in [2.45, 2.75) is 0 Å². The standard InChI is InChI=1S/C13H7ClIN3OS/c14-8-5-6-10-12(18-20-17-10)11(8)16-13(19)7-3-1-2-4-9(7)15/h1-6H,(H,16,19). The second-order valence-electron chi connectivity index (χ2n) is 3.99.